The number of thiophene rings is 1. The van der Waals surface area contributed by atoms with E-state index in [4.69, 9.17) is 0 Å². The molecule has 0 amide bonds. The second-order valence-corrected chi connectivity index (χ2v) is 6.76. The summed E-state index contributed by atoms with van der Waals surface area (Å²) in [6, 6.07) is 22.4. The van der Waals surface area contributed by atoms with Crippen LogP contribution in [0, 0.1) is 0 Å². The molecule has 118 valence electrons. The van der Waals surface area contributed by atoms with Crippen LogP contribution in [0.2, 0.25) is 0 Å². The molecule has 24 heavy (non-hydrogen) atoms. The average Bonchev–Trinajstić information content (AvgIpc) is 3.17. The number of fused-ring (bicyclic) bond motifs is 1. The Labute approximate surface area is 145 Å². The highest BCUT2D eigenvalue weighted by Crippen LogP contribution is 2.37. The first kappa shape index (κ1) is 14.9. The standard InChI is InChI=1S/C21H17NOS/c23-20(21-11-6-14-24-21)15-19-18-10-5-4-7-16(18)12-13-22(19)17-8-2-1-3-9-17/h1-14,19H,15H2. The first-order chi connectivity index (χ1) is 11.8. The van der Waals surface area contributed by atoms with Gasteiger partial charge in [-0.15, -0.1) is 11.3 Å². The molecule has 2 aromatic carbocycles. The van der Waals surface area contributed by atoms with Crippen molar-refractivity contribution in [2.75, 3.05) is 4.90 Å². The topological polar surface area (TPSA) is 20.3 Å². The SMILES string of the molecule is O=C(CC1c2ccccc2C=CN1c1ccccc1)c1cccs1. The van der Waals surface area contributed by atoms with Gasteiger partial charge in [0.25, 0.3) is 0 Å². The number of Topliss-reactive ketones (excluding diaryl/α,β-unsaturated/α-hetero) is 1. The van der Waals surface area contributed by atoms with E-state index in [1.54, 1.807) is 0 Å². The van der Waals surface area contributed by atoms with Crippen LogP contribution >= 0.6 is 11.3 Å². The van der Waals surface area contributed by atoms with Crippen LogP contribution < -0.4 is 4.90 Å². The molecule has 1 aromatic heterocycles. The minimum Gasteiger partial charge on any atom is -0.340 e. The summed E-state index contributed by atoms with van der Waals surface area (Å²) in [5, 5.41) is 1.96. The molecule has 0 radical (unpaired) electrons. The van der Waals surface area contributed by atoms with Crippen LogP contribution in [0.5, 0.6) is 0 Å². The summed E-state index contributed by atoms with van der Waals surface area (Å²) < 4.78 is 0. The second kappa shape index (κ2) is 6.46. The molecule has 0 aliphatic carbocycles. The molecule has 2 heterocycles. The molecular formula is C21H17NOS. The maximum Gasteiger partial charge on any atom is 0.175 e. The van der Waals surface area contributed by atoms with Gasteiger partial charge >= 0.3 is 0 Å². The molecular weight excluding hydrogens is 314 g/mol. The number of rotatable bonds is 4. The number of anilines is 1. The van der Waals surface area contributed by atoms with Gasteiger partial charge in [0.15, 0.2) is 5.78 Å². The van der Waals surface area contributed by atoms with E-state index in [1.165, 1.54) is 22.5 Å². The third-order valence-corrected chi connectivity index (χ3v) is 5.25. The molecule has 1 aliphatic heterocycles. The van der Waals surface area contributed by atoms with Crippen molar-refractivity contribution in [3.63, 3.8) is 0 Å². The van der Waals surface area contributed by atoms with Crippen molar-refractivity contribution in [2.45, 2.75) is 12.5 Å². The lowest BCUT2D eigenvalue weighted by Gasteiger charge is -2.34. The smallest absolute Gasteiger partial charge is 0.175 e. The summed E-state index contributed by atoms with van der Waals surface area (Å²) in [6.45, 7) is 0. The second-order valence-electron chi connectivity index (χ2n) is 5.81. The fourth-order valence-electron chi connectivity index (χ4n) is 3.17. The van der Waals surface area contributed by atoms with E-state index in [-0.39, 0.29) is 11.8 Å². The molecule has 0 bridgehead atoms. The highest BCUT2D eigenvalue weighted by atomic mass is 32.1. The summed E-state index contributed by atoms with van der Waals surface area (Å²) in [7, 11) is 0. The molecule has 0 saturated carbocycles. The Morgan fingerprint density at radius 3 is 2.54 bits per heavy atom. The molecule has 1 unspecified atom stereocenters. The van der Waals surface area contributed by atoms with Gasteiger partial charge in [-0.3, -0.25) is 4.79 Å². The van der Waals surface area contributed by atoms with Gasteiger partial charge in [-0.05, 0) is 40.8 Å². The van der Waals surface area contributed by atoms with Crippen molar-refractivity contribution in [3.8, 4) is 0 Å². The Morgan fingerprint density at radius 1 is 0.958 bits per heavy atom. The van der Waals surface area contributed by atoms with Crippen LogP contribution in [0.25, 0.3) is 6.08 Å². The molecule has 3 aromatic rings. The van der Waals surface area contributed by atoms with Crippen LogP contribution in [0.15, 0.2) is 78.3 Å². The normalized spacial score (nSPS) is 16.0. The molecule has 3 heteroatoms. The first-order valence-corrected chi connectivity index (χ1v) is 8.88. The van der Waals surface area contributed by atoms with E-state index < -0.39 is 0 Å². The van der Waals surface area contributed by atoms with Gasteiger partial charge in [0, 0.05) is 18.3 Å². The van der Waals surface area contributed by atoms with Crippen molar-refractivity contribution in [1.29, 1.82) is 0 Å². The van der Waals surface area contributed by atoms with Crippen molar-refractivity contribution >= 4 is 28.9 Å². The lowest BCUT2D eigenvalue weighted by atomic mass is 9.92. The van der Waals surface area contributed by atoms with E-state index in [2.05, 4.69) is 41.4 Å². The number of ketones is 1. The number of carbonyl (C=O) groups is 1. The number of carbonyl (C=O) groups excluding carboxylic acids is 1. The molecule has 0 N–H and O–H groups in total. The van der Waals surface area contributed by atoms with E-state index in [0.717, 1.165) is 10.6 Å². The van der Waals surface area contributed by atoms with Gasteiger partial charge in [0.05, 0.1) is 10.9 Å². The molecule has 2 nitrogen and oxygen atoms in total. The van der Waals surface area contributed by atoms with E-state index in [9.17, 15) is 4.79 Å². The Hall–Kier alpha value is -2.65. The van der Waals surface area contributed by atoms with Gasteiger partial charge in [-0.2, -0.15) is 0 Å². The van der Waals surface area contributed by atoms with Crippen LogP contribution in [-0.2, 0) is 0 Å². The molecule has 0 spiro atoms. The maximum atomic E-state index is 12.7. The number of hydrogen-bond donors (Lipinski definition) is 0. The van der Waals surface area contributed by atoms with Gasteiger partial charge in [0.2, 0.25) is 0 Å². The highest BCUT2D eigenvalue weighted by Gasteiger charge is 2.27. The van der Waals surface area contributed by atoms with Crippen molar-refractivity contribution < 1.29 is 4.79 Å². The predicted molar refractivity (Wildman–Crippen MR) is 100 cm³/mol. The summed E-state index contributed by atoms with van der Waals surface area (Å²) in [5.41, 5.74) is 3.50. The predicted octanol–water partition coefficient (Wildman–Crippen LogP) is 5.55. The largest absolute Gasteiger partial charge is 0.340 e. The van der Waals surface area contributed by atoms with Gasteiger partial charge < -0.3 is 4.90 Å². The van der Waals surface area contributed by atoms with Crippen LogP contribution in [0.1, 0.15) is 33.3 Å². The Morgan fingerprint density at radius 2 is 1.75 bits per heavy atom. The lowest BCUT2D eigenvalue weighted by Crippen LogP contribution is -2.28. The Bertz CT molecular complexity index is 868. The molecule has 1 aliphatic rings. The fraction of sp³-hybridized carbons (Fsp3) is 0.0952. The number of nitrogens with zero attached hydrogens (tertiary/aromatic N) is 1. The first-order valence-electron chi connectivity index (χ1n) is 8.00. The number of hydrogen-bond acceptors (Lipinski definition) is 3. The third kappa shape index (κ3) is 2.79. The lowest BCUT2D eigenvalue weighted by molar-refractivity contribution is 0.0977. The van der Waals surface area contributed by atoms with Gasteiger partial charge in [0.1, 0.15) is 0 Å². The fourth-order valence-corrected chi connectivity index (χ4v) is 3.84. The maximum absolute atomic E-state index is 12.7. The molecule has 0 fully saturated rings. The zero-order chi connectivity index (χ0) is 16.4. The third-order valence-electron chi connectivity index (χ3n) is 4.33. The number of para-hydroxylation sites is 1. The van der Waals surface area contributed by atoms with E-state index >= 15 is 0 Å². The van der Waals surface area contributed by atoms with E-state index in [1.807, 2.05) is 47.8 Å². The summed E-state index contributed by atoms with van der Waals surface area (Å²) >= 11 is 1.51. The average molecular weight is 331 g/mol. The summed E-state index contributed by atoms with van der Waals surface area (Å²) in [6.07, 6.45) is 4.68. The van der Waals surface area contributed by atoms with Crippen molar-refractivity contribution in [1.82, 2.24) is 0 Å². The quantitative estimate of drug-likeness (QED) is 0.584. The summed E-state index contributed by atoms with van der Waals surface area (Å²) in [5.74, 6) is 0.195. The van der Waals surface area contributed by atoms with Crippen molar-refractivity contribution in [2.24, 2.45) is 0 Å². The van der Waals surface area contributed by atoms with Crippen LogP contribution in [0.4, 0.5) is 5.69 Å². The van der Waals surface area contributed by atoms with Crippen molar-refractivity contribution in [3.05, 3.63) is 94.3 Å². The summed E-state index contributed by atoms with van der Waals surface area (Å²) in [4.78, 5) is 15.8. The molecule has 0 saturated heterocycles. The van der Waals surface area contributed by atoms with Gasteiger partial charge in [-0.1, -0.05) is 48.5 Å². The minimum atomic E-state index is 0.0169. The van der Waals surface area contributed by atoms with Gasteiger partial charge in [-0.25, -0.2) is 0 Å². The minimum absolute atomic E-state index is 0.0169. The highest BCUT2D eigenvalue weighted by molar-refractivity contribution is 7.12. The zero-order valence-corrected chi connectivity index (χ0v) is 13.9. The Kier molecular flexibility index (Phi) is 4.01. The van der Waals surface area contributed by atoms with E-state index in [0.29, 0.717) is 6.42 Å². The molecule has 4 rings (SSSR count). The van der Waals surface area contributed by atoms with Crippen LogP contribution in [-0.4, -0.2) is 5.78 Å². The monoisotopic (exact) mass is 331 g/mol. The number of benzene rings is 2. The van der Waals surface area contributed by atoms with Crippen LogP contribution in [0.3, 0.4) is 0 Å². The molecule has 1 atom stereocenters. The zero-order valence-electron chi connectivity index (χ0n) is 13.1. The Balaban J connectivity index is 1.73.